The second-order valence-electron chi connectivity index (χ2n) is 12.8. The van der Waals surface area contributed by atoms with Crippen LogP contribution >= 0.6 is 0 Å². The summed E-state index contributed by atoms with van der Waals surface area (Å²) in [6.07, 6.45) is 7.38. The quantitative estimate of drug-likeness (QED) is 0.0823. The standard InChI is InChI=1S/C40H49N7O2/c1-30-19-32(23-42-15-10-6-14-41)39(48)33(20-30)24-46(27-36-11-3-7-16-43-36)25-34-21-31(2)22-35(40(34)49)26-47(28-37-12-4-8-17-44-37)29-38-13-5-9-18-45-38/h3-5,7-9,11-13,16-22,42,48-49H,6,10,14-15,23-29,41H2,1-2H3. The fraction of sp³-hybridized carbons (Fsp3) is 0.325. The van der Waals surface area contributed by atoms with Crippen molar-refractivity contribution < 1.29 is 10.2 Å². The zero-order valence-corrected chi connectivity index (χ0v) is 28.7. The molecule has 5 aromatic rings. The highest BCUT2D eigenvalue weighted by molar-refractivity contribution is 5.45. The third-order valence-corrected chi connectivity index (χ3v) is 8.46. The van der Waals surface area contributed by atoms with E-state index in [2.05, 4.69) is 56.0 Å². The van der Waals surface area contributed by atoms with E-state index in [1.165, 1.54) is 0 Å². The Hall–Kier alpha value is -4.67. The van der Waals surface area contributed by atoms with Crippen molar-refractivity contribution >= 4 is 0 Å². The number of hydrogen-bond acceptors (Lipinski definition) is 9. The molecule has 3 heterocycles. The molecular formula is C40H49N7O2. The van der Waals surface area contributed by atoms with E-state index in [0.29, 0.717) is 58.1 Å². The lowest BCUT2D eigenvalue weighted by Crippen LogP contribution is -2.25. The van der Waals surface area contributed by atoms with Crippen molar-refractivity contribution in [3.05, 3.63) is 148 Å². The summed E-state index contributed by atoms with van der Waals surface area (Å²) in [5.41, 5.74) is 14.0. The largest absolute Gasteiger partial charge is 0.507 e. The molecule has 0 unspecified atom stereocenters. The first kappa shape index (κ1) is 35.6. The molecular weight excluding hydrogens is 610 g/mol. The van der Waals surface area contributed by atoms with E-state index in [1.807, 2.05) is 79.1 Å². The molecule has 0 bridgehead atoms. The number of aryl methyl sites for hydroxylation is 2. The Balaban J connectivity index is 1.40. The minimum Gasteiger partial charge on any atom is -0.507 e. The topological polar surface area (TPSA) is 124 Å². The van der Waals surface area contributed by atoms with Crippen LogP contribution in [0, 0.1) is 13.8 Å². The summed E-state index contributed by atoms with van der Waals surface area (Å²) in [6.45, 7) is 9.49. The number of nitrogens with two attached hydrogens (primary N) is 1. The van der Waals surface area contributed by atoms with Crippen molar-refractivity contribution in [3.63, 3.8) is 0 Å². The maximum absolute atomic E-state index is 11.8. The predicted molar refractivity (Wildman–Crippen MR) is 194 cm³/mol. The number of hydrogen-bond donors (Lipinski definition) is 4. The van der Waals surface area contributed by atoms with Crippen molar-refractivity contribution in [2.45, 2.75) is 72.5 Å². The number of unbranched alkanes of at least 4 members (excludes halogenated alkanes) is 1. The van der Waals surface area contributed by atoms with Crippen molar-refractivity contribution in [2.24, 2.45) is 5.73 Å². The van der Waals surface area contributed by atoms with Gasteiger partial charge in [0.2, 0.25) is 0 Å². The van der Waals surface area contributed by atoms with Crippen molar-refractivity contribution in [3.8, 4) is 11.5 Å². The van der Waals surface area contributed by atoms with Crippen LogP contribution in [-0.2, 0) is 45.8 Å². The smallest absolute Gasteiger partial charge is 0.124 e. The van der Waals surface area contributed by atoms with Gasteiger partial charge in [-0.15, -0.1) is 0 Å². The fourth-order valence-electron chi connectivity index (χ4n) is 6.20. The minimum absolute atomic E-state index is 0.277. The van der Waals surface area contributed by atoms with Gasteiger partial charge in [-0.1, -0.05) is 53.6 Å². The summed E-state index contributed by atoms with van der Waals surface area (Å²) >= 11 is 0. The highest BCUT2D eigenvalue weighted by Crippen LogP contribution is 2.31. The van der Waals surface area contributed by atoms with Crippen LogP contribution in [0.3, 0.4) is 0 Å². The molecule has 9 heteroatoms. The van der Waals surface area contributed by atoms with Crippen LogP contribution in [0.5, 0.6) is 11.5 Å². The van der Waals surface area contributed by atoms with Gasteiger partial charge in [0, 0.05) is 86.7 Å². The number of benzene rings is 2. The second-order valence-corrected chi connectivity index (χ2v) is 12.8. The van der Waals surface area contributed by atoms with Gasteiger partial charge in [-0.2, -0.15) is 0 Å². The summed E-state index contributed by atoms with van der Waals surface area (Å²) in [6, 6.07) is 26.0. The summed E-state index contributed by atoms with van der Waals surface area (Å²) < 4.78 is 0. The maximum atomic E-state index is 11.8. The zero-order chi connectivity index (χ0) is 34.4. The molecule has 5 N–H and O–H groups in total. The van der Waals surface area contributed by atoms with Gasteiger partial charge in [0.15, 0.2) is 0 Å². The first-order valence-corrected chi connectivity index (χ1v) is 17.1. The van der Waals surface area contributed by atoms with Crippen LogP contribution in [-0.4, -0.2) is 48.1 Å². The molecule has 5 rings (SSSR count). The molecule has 3 aromatic heterocycles. The summed E-state index contributed by atoms with van der Waals surface area (Å²) in [5, 5.41) is 26.7. The Kier molecular flexibility index (Phi) is 13.2. The van der Waals surface area contributed by atoms with Gasteiger partial charge in [-0.05, 0) is 76.2 Å². The van der Waals surface area contributed by atoms with Crippen LogP contribution in [0.25, 0.3) is 0 Å². The third kappa shape index (κ3) is 10.9. The molecule has 9 nitrogen and oxygen atoms in total. The predicted octanol–water partition coefficient (Wildman–Crippen LogP) is 6.13. The Morgan fingerprint density at radius 2 is 0.980 bits per heavy atom. The molecule has 0 saturated heterocycles. The third-order valence-electron chi connectivity index (χ3n) is 8.46. The molecule has 0 fully saturated rings. The summed E-state index contributed by atoms with van der Waals surface area (Å²) in [5.74, 6) is 0.580. The number of aromatic hydroxyl groups is 2. The van der Waals surface area contributed by atoms with E-state index in [0.717, 1.165) is 69.8 Å². The van der Waals surface area contributed by atoms with Crippen LogP contribution in [0.2, 0.25) is 0 Å². The Bertz CT molecular complexity index is 1700. The van der Waals surface area contributed by atoms with Crippen LogP contribution in [0.15, 0.2) is 97.5 Å². The molecule has 0 aliphatic rings. The number of nitrogens with zero attached hydrogens (tertiary/aromatic N) is 5. The first-order chi connectivity index (χ1) is 23.9. The van der Waals surface area contributed by atoms with Crippen molar-refractivity contribution in [2.75, 3.05) is 13.1 Å². The summed E-state index contributed by atoms with van der Waals surface area (Å²) in [7, 11) is 0. The monoisotopic (exact) mass is 659 g/mol. The van der Waals surface area contributed by atoms with Crippen molar-refractivity contribution in [1.82, 2.24) is 30.1 Å². The number of aromatic nitrogens is 3. The van der Waals surface area contributed by atoms with Crippen LogP contribution in [0.1, 0.15) is 63.3 Å². The van der Waals surface area contributed by atoms with E-state index < -0.39 is 0 Å². The molecule has 49 heavy (non-hydrogen) atoms. The second kappa shape index (κ2) is 18.2. The maximum Gasteiger partial charge on any atom is 0.124 e. The molecule has 0 saturated carbocycles. The number of rotatable bonds is 18. The van der Waals surface area contributed by atoms with E-state index in [9.17, 15) is 10.2 Å². The van der Waals surface area contributed by atoms with Crippen molar-refractivity contribution in [1.29, 1.82) is 0 Å². The Morgan fingerprint density at radius 1 is 0.571 bits per heavy atom. The van der Waals surface area contributed by atoms with Gasteiger partial charge in [-0.3, -0.25) is 24.8 Å². The molecule has 0 radical (unpaired) electrons. The zero-order valence-electron chi connectivity index (χ0n) is 28.7. The Morgan fingerprint density at radius 3 is 1.39 bits per heavy atom. The fourth-order valence-corrected chi connectivity index (χ4v) is 6.20. The van der Waals surface area contributed by atoms with Crippen LogP contribution < -0.4 is 11.1 Å². The molecule has 0 amide bonds. The molecule has 0 spiro atoms. The van der Waals surface area contributed by atoms with Gasteiger partial charge in [0.05, 0.1) is 17.1 Å². The SMILES string of the molecule is Cc1cc(CNCCCCN)c(O)c(CN(Cc2ccccn2)Cc2cc(C)cc(CN(Cc3ccccn3)Cc3ccccn3)c2O)c1. The van der Waals surface area contributed by atoms with Gasteiger partial charge in [-0.25, -0.2) is 0 Å². The lowest BCUT2D eigenvalue weighted by atomic mass is 10.0. The van der Waals surface area contributed by atoms with Gasteiger partial charge in [0.25, 0.3) is 0 Å². The normalized spacial score (nSPS) is 11.4. The molecule has 0 atom stereocenters. The first-order valence-electron chi connectivity index (χ1n) is 17.1. The minimum atomic E-state index is 0.277. The highest BCUT2D eigenvalue weighted by atomic mass is 16.3. The molecule has 256 valence electrons. The average molecular weight is 660 g/mol. The lowest BCUT2D eigenvalue weighted by Gasteiger charge is -2.26. The van der Waals surface area contributed by atoms with E-state index in [4.69, 9.17) is 5.73 Å². The molecule has 2 aromatic carbocycles. The van der Waals surface area contributed by atoms with Gasteiger partial charge < -0.3 is 21.3 Å². The van der Waals surface area contributed by atoms with Gasteiger partial charge in [0.1, 0.15) is 11.5 Å². The number of phenols is 2. The number of pyridine rings is 3. The Labute approximate surface area is 290 Å². The summed E-state index contributed by atoms with van der Waals surface area (Å²) in [4.78, 5) is 18.2. The molecule has 0 aliphatic carbocycles. The van der Waals surface area contributed by atoms with E-state index in [-0.39, 0.29) is 5.75 Å². The van der Waals surface area contributed by atoms with Gasteiger partial charge >= 0.3 is 0 Å². The van der Waals surface area contributed by atoms with E-state index >= 15 is 0 Å². The average Bonchev–Trinajstić information content (AvgIpc) is 3.10. The lowest BCUT2D eigenvalue weighted by molar-refractivity contribution is 0.231. The van der Waals surface area contributed by atoms with E-state index in [1.54, 1.807) is 6.20 Å². The number of nitrogens with one attached hydrogen (secondary N) is 1. The number of phenolic OH excluding ortho intramolecular Hbond substituents is 2. The molecule has 0 aliphatic heterocycles. The highest BCUT2D eigenvalue weighted by Gasteiger charge is 2.19. The van der Waals surface area contributed by atoms with Crippen LogP contribution in [0.4, 0.5) is 0 Å².